The fourth-order valence-electron chi connectivity index (χ4n) is 2.64. The minimum absolute atomic E-state index is 0.252. The fraction of sp³-hybridized carbons (Fsp3) is 0.333. The molecule has 5 heteroatoms. The molecular weight excluding hydrogens is 270 g/mol. The van der Waals surface area contributed by atoms with E-state index in [1.54, 1.807) is 7.11 Å². The molecule has 1 fully saturated rings. The first kappa shape index (κ1) is 13.3. The number of para-hydroxylation sites is 1. The van der Waals surface area contributed by atoms with E-state index >= 15 is 0 Å². The van der Waals surface area contributed by atoms with Crippen molar-refractivity contribution in [3.8, 4) is 0 Å². The van der Waals surface area contributed by atoms with Gasteiger partial charge in [-0.15, -0.1) is 0 Å². The van der Waals surface area contributed by atoms with Gasteiger partial charge in [-0.05, 0) is 18.6 Å². The van der Waals surface area contributed by atoms with Crippen LogP contribution in [0.2, 0.25) is 0 Å². The zero-order valence-corrected chi connectivity index (χ0v) is 12.2. The quantitative estimate of drug-likeness (QED) is 0.876. The summed E-state index contributed by atoms with van der Waals surface area (Å²) in [5.74, 6) is 0.871. The van der Waals surface area contributed by atoms with E-state index < -0.39 is 0 Å². The van der Waals surface area contributed by atoms with E-state index in [1.165, 1.54) is 0 Å². The summed E-state index contributed by atoms with van der Waals surface area (Å²) in [6.45, 7) is 1.75. The van der Waals surface area contributed by atoms with Crippen molar-refractivity contribution in [3.05, 3.63) is 35.9 Å². The van der Waals surface area contributed by atoms with Crippen LogP contribution in [0.3, 0.4) is 0 Å². The Balaban J connectivity index is 2.08. The Kier molecular flexibility index (Phi) is 3.54. The number of rotatable bonds is 3. The van der Waals surface area contributed by atoms with Gasteiger partial charge in [0, 0.05) is 25.6 Å². The van der Waals surface area contributed by atoms with Crippen LogP contribution in [0.5, 0.6) is 0 Å². The molecule has 0 aliphatic carbocycles. The average Bonchev–Trinajstić information content (AvgIpc) is 2.94. The van der Waals surface area contributed by atoms with E-state index in [4.69, 9.17) is 27.7 Å². The van der Waals surface area contributed by atoms with Crippen molar-refractivity contribution in [2.75, 3.05) is 25.1 Å². The molecule has 0 spiro atoms. The predicted octanol–water partition coefficient (Wildman–Crippen LogP) is 2.09. The lowest BCUT2D eigenvalue weighted by Crippen LogP contribution is -2.26. The monoisotopic (exact) mass is 287 g/mol. The lowest BCUT2D eigenvalue weighted by atomic mass is 10.1. The highest BCUT2D eigenvalue weighted by atomic mass is 32.1. The summed E-state index contributed by atoms with van der Waals surface area (Å²) in [4.78, 5) is 7.34. The number of anilines is 1. The number of hydrogen-bond acceptors (Lipinski definition) is 4. The summed E-state index contributed by atoms with van der Waals surface area (Å²) in [6, 6.07) is 10.0. The first-order valence-corrected chi connectivity index (χ1v) is 7.07. The molecule has 2 heterocycles. The molecule has 20 heavy (non-hydrogen) atoms. The van der Waals surface area contributed by atoms with Crippen LogP contribution in [-0.4, -0.2) is 36.3 Å². The Morgan fingerprint density at radius 3 is 2.95 bits per heavy atom. The van der Waals surface area contributed by atoms with Crippen molar-refractivity contribution in [3.63, 3.8) is 0 Å². The molecule has 1 aliphatic heterocycles. The highest BCUT2D eigenvalue weighted by Crippen LogP contribution is 2.27. The summed E-state index contributed by atoms with van der Waals surface area (Å²) < 4.78 is 5.42. The number of thiocarbonyl (C=S) groups is 1. The first-order valence-electron chi connectivity index (χ1n) is 6.66. The van der Waals surface area contributed by atoms with Crippen LogP contribution in [-0.2, 0) is 4.74 Å². The van der Waals surface area contributed by atoms with Crippen molar-refractivity contribution in [2.24, 2.45) is 5.73 Å². The van der Waals surface area contributed by atoms with E-state index in [1.807, 2.05) is 30.3 Å². The number of aromatic nitrogens is 1. The maximum absolute atomic E-state index is 5.87. The molecule has 1 aromatic heterocycles. The number of benzene rings is 1. The SMILES string of the molecule is COC1CCN(c2nc3ccccc3cc2C(N)=S)C1. The van der Waals surface area contributed by atoms with Crippen molar-refractivity contribution in [2.45, 2.75) is 12.5 Å². The number of nitrogens with zero attached hydrogens (tertiary/aromatic N) is 2. The molecule has 0 amide bonds. The molecule has 3 rings (SSSR count). The molecule has 0 bridgehead atoms. The minimum Gasteiger partial charge on any atom is -0.389 e. The Bertz CT molecular complexity index is 659. The Morgan fingerprint density at radius 2 is 2.25 bits per heavy atom. The first-order chi connectivity index (χ1) is 9.69. The normalized spacial score (nSPS) is 18.6. The summed E-state index contributed by atoms with van der Waals surface area (Å²) in [6.07, 6.45) is 1.25. The maximum atomic E-state index is 5.87. The van der Waals surface area contributed by atoms with E-state index in [9.17, 15) is 0 Å². The Morgan fingerprint density at radius 1 is 1.45 bits per heavy atom. The van der Waals surface area contributed by atoms with Gasteiger partial charge in [-0.1, -0.05) is 30.4 Å². The largest absolute Gasteiger partial charge is 0.389 e. The van der Waals surface area contributed by atoms with Gasteiger partial charge >= 0.3 is 0 Å². The summed E-state index contributed by atoms with van der Waals surface area (Å²) >= 11 is 5.19. The standard InChI is InChI=1S/C15H17N3OS/c1-19-11-6-7-18(9-11)15-12(14(16)20)8-10-4-2-3-5-13(10)17-15/h2-5,8,11H,6-7,9H2,1H3,(H2,16,20). The van der Waals surface area contributed by atoms with Gasteiger partial charge in [-0.3, -0.25) is 0 Å². The molecule has 1 unspecified atom stereocenters. The maximum Gasteiger partial charge on any atom is 0.139 e. The molecular formula is C15H17N3OS. The van der Waals surface area contributed by atoms with E-state index in [0.717, 1.165) is 41.8 Å². The van der Waals surface area contributed by atoms with E-state index in [2.05, 4.69) is 4.90 Å². The zero-order chi connectivity index (χ0) is 14.1. The second kappa shape index (κ2) is 5.34. The number of hydrogen-bond donors (Lipinski definition) is 1. The molecule has 4 nitrogen and oxygen atoms in total. The number of methoxy groups -OCH3 is 1. The van der Waals surface area contributed by atoms with Gasteiger partial charge < -0.3 is 15.4 Å². The van der Waals surface area contributed by atoms with Crippen LogP contribution >= 0.6 is 12.2 Å². The fourth-order valence-corrected chi connectivity index (χ4v) is 2.79. The van der Waals surface area contributed by atoms with E-state index in [0.29, 0.717) is 4.99 Å². The molecule has 2 aromatic rings. The summed E-state index contributed by atoms with van der Waals surface area (Å²) in [7, 11) is 1.75. The number of pyridine rings is 1. The van der Waals surface area contributed by atoms with Gasteiger partial charge in [0.15, 0.2) is 0 Å². The lowest BCUT2D eigenvalue weighted by molar-refractivity contribution is 0.121. The van der Waals surface area contributed by atoms with E-state index in [-0.39, 0.29) is 6.10 Å². The highest BCUT2D eigenvalue weighted by molar-refractivity contribution is 7.80. The predicted molar refractivity (Wildman–Crippen MR) is 85.3 cm³/mol. The third kappa shape index (κ3) is 2.34. The van der Waals surface area contributed by atoms with Crippen LogP contribution in [0, 0.1) is 0 Å². The van der Waals surface area contributed by atoms with Gasteiger partial charge in [0.2, 0.25) is 0 Å². The van der Waals surface area contributed by atoms with Crippen LogP contribution in [0.25, 0.3) is 10.9 Å². The summed E-state index contributed by atoms with van der Waals surface area (Å²) in [5.41, 5.74) is 7.68. The molecule has 1 aliphatic rings. The van der Waals surface area contributed by atoms with Crippen molar-refractivity contribution >= 4 is 33.9 Å². The van der Waals surface area contributed by atoms with Crippen LogP contribution in [0.4, 0.5) is 5.82 Å². The molecule has 0 radical (unpaired) electrons. The Labute approximate surface area is 123 Å². The molecule has 1 saturated heterocycles. The Hall–Kier alpha value is -1.72. The van der Waals surface area contributed by atoms with Gasteiger partial charge in [0.05, 0.1) is 17.2 Å². The molecule has 104 valence electrons. The smallest absolute Gasteiger partial charge is 0.139 e. The molecule has 1 aromatic carbocycles. The second-order valence-electron chi connectivity index (χ2n) is 5.01. The summed E-state index contributed by atoms with van der Waals surface area (Å²) in [5, 5.41) is 1.06. The highest BCUT2D eigenvalue weighted by Gasteiger charge is 2.25. The molecule has 0 saturated carbocycles. The molecule has 1 atom stereocenters. The number of fused-ring (bicyclic) bond motifs is 1. The van der Waals surface area contributed by atoms with Crippen LogP contribution < -0.4 is 10.6 Å². The molecule has 2 N–H and O–H groups in total. The van der Waals surface area contributed by atoms with Gasteiger partial charge in [-0.2, -0.15) is 0 Å². The topological polar surface area (TPSA) is 51.4 Å². The van der Waals surface area contributed by atoms with Crippen LogP contribution in [0.15, 0.2) is 30.3 Å². The van der Waals surface area contributed by atoms with Gasteiger partial charge in [0.25, 0.3) is 0 Å². The van der Waals surface area contributed by atoms with Crippen molar-refractivity contribution in [1.29, 1.82) is 0 Å². The van der Waals surface area contributed by atoms with Crippen LogP contribution in [0.1, 0.15) is 12.0 Å². The zero-order valence-electron chi connectivity index (χ0n) is 11.4. The number of nitrogens with two attached hydrogens (primary N) is 1. The lowest BCUT2D eigenvalue weighted by Gasteiger charge is -2.21. The number of ether oxygens (including phenoxy) is 1. The average molecular weight is 287 g/mol. The van der Waals surface area contributed by atoms with Crippen molar-refractivity contribution < 1.29 is 4.74 Å². The third-order valence-electron chi connectivity index (χ3n) is 3.75. The van der Waals surface area contributed by atoms with Gasteiger partial charge in [0.1, 0.15) is 10.8 Å². The second-order valence-corrected chi connectivity index (χ2v) is 5.45. The minimum atomic E-state index is 0.252. The van der Waals surface area contributed by atoms with Crippen molar-refractivity contribution in [1.82, 2.24) is 4.98 Å². The third-order valence-corrected chi connectivity index (χ3v) is 3.97. The van der Waals surface area contributed by atoms with Gasteiger partial charge in [-0.25, -0.2) is 4.98 Å².